The number of imidazole rings is 2. The van der Waals surface area contributed by atoms with Gasteiger partial charge >= 0.3 is 6.16 Å². The molecule has 1 aliphatic carbocycles. The number of aryl methyl sites for hydroxylation is 2. The summed E-state index contributed by atoms with van der Waals surface area (Å²) in [4.78, 5) is 21.1. The molecule has 42 heavy (non-hydrogen) atoms. The summed E-state index contributed by atoms with van der Waals surface area (Å²) in [6.07, 6.45) is 12.6. The molecule has 6 rings (SSSR count). The molecule has 2 aromatic heterocycles. The van der Waals surface area contributed by atoms with Gasteiger partial charge in [0, 0.05) is 36.3 Å². The molecule has 7 heteroatoms. The first-order chi connectivity index (χ1) is 20.5. The standard InChI is InChI=1S/C35H38N4O3/c1-3-10-33-37-34-24(2)19-27(30-22-38(23-36-30)28-11-6-4-5-7-12-28)20-31(34)39(33)21-25-15-17-26(18-16-25)29-13-8-9-14-32(29)42-35(40)41/h8-9,13-20,22-23,28H,3-7,10-12,21H2,1-2H3,(H,40,41). The van der Waals surface area contributed by atoms with Gasteiger partial charge in [0.1, 0.15) is 11.6 Å². The Morgan fingerprint density at radius 1 is 1.00 bits per heavy atom. The molecule has 5 aromatic rings. The third-order valence-electron chi connectivity index (χ3n) is 8.43. The molecule has 7 nitrogen and oxygen atoms in total. The summed E-state index contributed by atoms with van der Waals surface area (Å²) in [7, 11) is 0. The third kappa shape index (κ3) is 5.82. The molecule has 1 N–H and O–H groups in total. The third-order valence-corrected chi connectivity index (χ3v) is 8.43. The molecule has 216 valence electrons. The van der Waals surface area contributed by atoms with Crippen molar-refractivity contribution in [2.45, 2.75) is 77.8 Å². The van der Waals surface area contributed by atoms with Crippen LogP contribution in [-0.4, -0.2) is 30.4 Å². The lowest BCUT2D eigenvalue weighted by Crippen LogP contribution is -2.06. The quantitative estimate of drug-likeness (QED) is 0.116. The first-order valence-corrected chi connectivity index (χ1v) is 15.1. The fourth-order valence-corrected chi connectivity index (χ4v) is 6.28. The van der Waals surface area contributed by atoms with Gasteiger partial charge in [0.15, 0.2) is 0 Å². The first kappa shape index (κ1) is 27.8. The first-order valence-electron chi connectivity index (χ1n) is 15.1. The summed E-state index contributed by atoms with van der Waals surface area (Å²) in [5.41, 5.74) is 8.27. The average molecular weight is 563 g/mol. The fourth-order valence-electron chi connectivity index (χ4n) is 6.28. The number of para-hydroxylation sites is 1. The molecule has 2 heterocycles. The Labute approximate surface area is 246 Å². The van der Waals surface area contributed by atoms with Crippen molar-refractivity contribution >= 4 is 17.2 Å². The number of hydrogen-bond acceptors (Lipinski definition) is 4. The number of carboxylic acid groups (broad SMARTS) is 1. The summed E-state index contributed by atoms with van der Waals surface area (Å²) in [5.74, 6) is 1.41. The van der Waals surface area contributed by atoms with Crippen molar-refractivity contribution in [3.63, 3.8) is 0 Å². The molecule has 0 unspecified atom stereocenters. The van der Waals surface area contributed by atoms with Gasteiger partial charge in [-0.05, 0) is 61.1 Å². The SMILES string of the molecule is CCCc1nc2c(C)cc(-c3cn(C4CCCCCC4)cn3)cc2n1Cc1ccc(-c2ccccc2OC(=O)O)cc1. The minimum Gasteiger partial charge on any atom is -0.449 e. The van der Waals surface area contributed by atoms with E-state index in [1.165, 1.54) is 38.5 Å². The van der Waals surface area contributed by atoms with Crippen molar-refractivity contribution in [3.05, 3.63) is 90.1 Å². The Morgan fingerprint density at radius 2 is 1.76 bits per heavy atom. The summed E-state index contributed by atoms with van der Waals surface area (Å²) >= 11 is 0. The maximum atomic E-state index is 11.2. The summed E-state index contributed by atoms with van der Waals surface area (Å²) in [6.45, 7) is 5.03. The van der Waals surface area contributed by atoms with Crippen LogP contribution in [0.15, 0.2) is 73.2 Å². The van der Waals surface area contributed by atoms with Gasteiger partial charge < -0.3 is 19.0 Å². The van der Waals surface area contributed by atoms with Crippen LogP contribution in [-0.2, 0) is 13.0 Å². The molecule has 3 aromatic carbocycles. The normalized spacial score (nSPS) is 14.2. The highest BCUT2D eigenvalue weighted by atomic mass is 16.7. The molecular weight excluding hydrogens is 524 g/mol. The lowest BCUT2D eigenvalue weighted by molar-refractivity contribution is 0.144. The number of rotatable bonds is 8. The van der Waals surface area contributed by atoms with Crippen molar-refractivity contribution in [1.29, 1.82) is 0 Å². The van der Waals surface area contributed by atoms with E-state index in [4.69, 9.17) is 19.8 Å². The van der Waals surface area contributed by atoms with Crippen LogP contribution in [0.3, 0.4) is 0 Å². The molecule has 0 amide bonds. The van der Waals surface area contributed by atoms with Crippen molar-refractivity contribution in [1.82, 2.24) is 19.1 Å². The second-order valence-corrected chi connectivity index (χ2v) is 11.4. The zero-order chi connectivity index (χ0) is 29.1. The lowest BCUT2D eigenvalue weighted by Gasteiger charge is -2.15. The molecule has 0 radical (unpaired) electrons. The van der Waals surface area contributed by atoms with Crippen LogP contribution in [0.1, 0.15) is 74.9 Å². The van der Waals surface area contributed by atoms with E-state index in [9.17, 15) is 4.79 Å². The van der Waals surface area contributed by atoms with Crippen LogP contribution in [0.25, 0.3) is 33.4 Å². The van der Waals surface area contributed by atoms with Gasteiger partial charge in [-0.1, -0.05) is 75.1 Å². The Bertz CT molecular complexity index is 1690. The zero-order valence-electron chi connectivity index (χ0n) is 24.4. The summed E-state index contributed by atoms with van der Waals surface area (Å²) < 4.78 is 9.68. The molecule has 0 spiro atoms. The van der Waals surface area contributed by atoms with Gasteiger partial charge in [0.05, 0.1) is 23.1 Å². The largest absolute Gasteiger partial charge is 0.511 e. The van der Waals surface area contributed by atoms with Crippen molar-refractivity contribution in [2.75, 3.05) is 0 Å². The molecule has 0 bridgehead atoms. The van der Waals surface area contributed by atoms with Crippen LogP contribution in [0, 0.1) is 6.92 Å². The molecule has 0 atom stereocenters. The number of aromatic nitrogens is 4. The summed E-state index contributed by atoms with van der Waals surface area (Å²) in [5, 5.41) is 9.13. The van der Waals surface area contributed by atoms with Crippen LogP contribution >= 0.6 is 0 Å². The summed E-state index contributed by atoms with van der Waals surface area (Å²) in [6, 6.07) is 20.5. The van der Waals surface area contributed by atoms with E-state index in [1.807, 2.05) is 30.6 Å². The Hall–Kier alpha value is -4.39. The Morgan fingerprint density at radius 3 is 2.50 bits per heavy atom. The highest BCUT2D eigenvalue weighted by molar-refractivity contribution is 5.85. The Balaban J connectivity index is 1.32. The van der Waals surface area contributed by atoms with Crippen LogP contribution in [0.4, 0.5) is 4.79 Å². The van der Waals surface area contributed by atoms with Crippen LogP contribution < -0.4 is 4.74 Å². The van der Waals surface area contributed by atoms with Gasteiger partial charge in [-0.25, -0.2) is 14.8 Å². The molecule has 1 aliphatic rings. The highest BCUT2D eigenvalue weighted by Crippen LogP contribution is 2.33. The smallest absolute Gasteiger partial charge is 0.449 e. The van der Waals surface area contributed by atoms with Crippen molar-refractivity contribution in [3.8, 4) is 28.1 Å². The van der Waals surface area contributed by atoms with Gasteiger partial charge in [-0.3, -0.25) is 0 Å². The minimum absolute atomic E-state index is 0.327. The van der Waals surface area contributed by atoms with Crippen LogP contribution in [0.5, 0.6) is 5.75 Å². The Kier molecular flexibility index (Phi) is 8.08. The van der Waals surface area contributed by atoms with E-state index in [2.05, 4.69) is 53.4 Å². The number of hydrogen-bond donors (Lipinski definition) is 1. The predicted molar refractivity (Wildman–Crippen MR) is 166 cm³/mol. The molecule has 1 saturated carbocycles. The van der Waals surface area contributed by atoms with E-state index >= 15 is 0 Å². The van der Waals surface area contributed by atoms with E-state index < -0.39 is 6.16 Å². The van der Waals surface area contributed by atoms with Crippen molar-refractivity contribution < 1.29 is 14.6 Å². The minimum atomic E-state index is -1.32. The maximum Gasteiger partial charge on any atom is 0.511 e. The van der Waals surface area contributed by atoms with Gasteiger partial charge in [0.25, 0.3) is 0 Å². The topological polar surface area (TPSA) is 82.2 Å². The van der Waals surface area contributed by atoms with Gasteiger partial charge in [-0.15, -0.1) is 0 Å². The number of ether oxygens (including phenoxy) is 1. The average Bonchev–Trinajstić information content (AvgIpc) is 3.50. The molecule has 1 fully saturated rings. The van der Waals surface area contributed by atoms with Gasteiger partial charge in [-0.2, -0.15) is 0 Å². The van der Waals surface area contributed by atoms with E-state index in [-0.39, 0.29) is 0 Å². The molecule has 0 aliphatic heterocycles. The zero-order valence-corrected chi connectivity index (χ0v) is 24.4. The van der Waals surface area contributed by atoms with Crippen LogP contribution in [0.2, 0.25) is 0 Å². The van der Waals surface area contributed by atoms with Gasteiger partial charge in [0.2, 0.25) is 0 Å². The highest BCUT2D eigenvalue weighted by Gasteiger charge is 2.18. The molecular formula is C35H38N4O3. The lowest BCUT2D eigenvalue weighted by atomic mass is 10.0. The number of fused-ring (bicyclic) bond motifs is 1. The predicted octanol–water partition coefficient (Wildman–Crippen LogP) is 8.83. The monoisotopic (exact) mass is 562 g/mol. The number of nitrogens with zero attached hydrogens (tertiary/aromatic N) is 4. The number of benzene rings is 3. The fraction of sp³-hybridized carbons (Fsp3) is 0.343. The van der Waals surface area contributed by atoms with E-state index in [0.717, 1.165) is 63.2 Å². The second-order valence-electron chi connectivity index (χ2n) is 11.4. The number of carbonyl (C=O) groups is 1. The van der Waals surface area contributed by atoms with E-state index in [0.29, 0.717) is 18.3 Å². The van der Waals surface area contributed by atoms with Crippen molar-refractivity contribution in [2.24, 2.45) is 0 Å². The second kappa shape index (κ2) is 12.2. The molecule has 0 saturated heterocycles. The maximum absolute atomic E-state index is 11.2. The van der Waals surface area contributed by atoms with E-state index in [1.54, 1.807) is 12.1 Å².